The maximum atomic E-state index is 10.1. The molecule has 0 aromatic rings. The van der Waals surface area contributed by atoms with Crippen LogP contribution in [0.5, 0.6) is 0 Å². The van der Waals surface area contributed by atoms with E-state index in [2.05, 4.69) is 19.9 Å². The van der Waals surface area contributed by atoms with E-state index >= 15 is 0 Å². The Kier molecular flexibility index (Phi) is 1.87. The molecule has 1 aliphatic rings. The van der Waals surface area contributed by atoms with Crippen molar-refractivity contribution < 1.29 is 5.11 Å². The Labute approximate surface area is 69.1 Å². The zero-order valence-corrected chi connectivity index (χ0v) is 7.94. The van der Waals surface area contributed by atoms with Crippen LogP contribution < -0.4 is 0 Å². The van der Waals surface area contributed by atoms with Crippen molar-refractivity contribution in [3.05, 3.63) is 11.6 Å². The van der Waals surface area contributed by atoms with Crippen LogP contribution in [0.4, 0.5) is 0 Å². The summed E-state index contributed by atoms with van der Waals surface area (Å²) in [6.45, 7) is 8.19. The number of allylic oxidation sites excluding steroid dienone is 1. The van der Waals surface area contributed by atoms with Crippen LogP contribution >= 0.6 is 0 Å². The third kappa shape index (κ3) is 1.22. The maximum absolute atomic E-state index is 10.1. The molecule has 1 atom stereocenters. The van der Waals surface area contributed by atoms with Gasteiger partial charge in [-0.1, -0.05) is 19.9 Å². The van der Waals surface area contributed by atoms with E-state index in [0.29, 0.717) is 0 Å². The second-order valence-electron chi connectivity index (χ2n) is 4.38. The van der Waals surface area contributed by atoms with Crippen molar-refractivity contribution in [2.45, 2.75) is 46.1 Å². The zero-order valence-electron chi connectivity index (χ0n) is 7.94. The van der Waals surface area contributed by atoms with Crippen LogP contribution in [-0.4, -0.2) is 10.7 Å². The van der Waals surface area contributed by atoms with Gasteiger partial charge in [-0.15, -0.1) is 0 Å². The first kappa shape index (κ1) is 8.79. The van der Waals surface area contributed by atoms with Crippen LogP contribution in [-0.2, 0) is 0 Å². The van der Waals surface area contributed by atoms with Gasteiger partial charge in [-0.05, 0) is 37.7 Å². The van der Waals surface area contributed by atoms with Crippen molar-refractivity contribution in [3.8, 4) is 0 Å². The van der Waals surface area contributed by atoms with E-state index in [-0.39, 0.29) is 5.41 Å². The molecule has 1 nitrogen and oxygen atoms in total. The summed E-state index contributed by atoms with van der Waals surface area (Å²) in [6.07, 6.45) is 4.33. The molecule has 1 heteroatoms. The van der Waals surface area contributed by atoms with Gasteiger partial charge in [0, 0.05) is 0 Å². The highest BCUT2D eigenvalue weighted by molar-refractivity contribution is 5.20. The molecule has 0 amide bonds. The average Bonchev–Trinajstić information content (AvgIpc) is 1.84. The summed E-state index contributed by atoms with van der Waals surface area (Å²) >= 11 is 0. The first-order valence-corrected chi connectivity index (χ1v) is 4.27. The minimum atomic E-state index is -0.606. The van der Waals surface area contributed by atoms with E-state index in [1.807, 2.05) is 13.8 Å². The summed E-state index contributed by atoms with van der Waals surface area (Å²) in [5.41, 5.74) is 0.547. The van der Waals surface area contributed by atoms with Gasteiger partial charge in [-0.3, -0.25) is 0 Å². The van der Waals surface area contributed by atoms with Crippen molar-refractivity contribution in [1.29, 1.82) is 0 Å². The number of hydrogen-bond acceptors (Lipinski definition) is 1. The number of aliphatic hydroxyl groups is 1. The second-order valence-corrected chi connectivity index (χ2v) is 4.38. The molecular weight excluding hydrogens is 136 g/mol. The highest BCUT2D eigenvalue weighted by atomic mass is 16.3. The topological polar surface area (TPSA) is 20.2 Å². The lowest BCUT2D eigenvalue weighted by Gasteiger charge is -2.44. The minimum absolute atomic E-state index is 0.0336. The lowest BCUT2D eigenvalue weighted by Crippen LogP contribution is -2.44. The molecule has 0 spiro atoms. The molecule has 0 saturated carbocycles. The Bertz CT molecular complexity index is 187. The molecule has 1 N–H and O–H groups in total. The normalized spacial score (nSPS) is 36.6. The molecule has 0 aromatic heterocycles. The van der Waals surface area contributed by atoms with Gasteiger partial charge in [0.25, 0.3) is 0 Å². The molecule has 0 fully saturated rings. The van der Waals surface area contributed by atoms with Crippen molar-refractivity contribution in [2.24, 2.45) is 5.41 Å². The summed E-state index contributed by atoms with van der Waals surface area (Å²) in [6, 6.07) is 0. The van der Waals surface area contributed by atoms with Crippen molar-refractivity contribution in [1.82, 2.24) is 0 Å². The monoisotopic (exact) mass is 154 g/mol. The van der Waals surface area contributed by atoms with Crippen LogP contribution in [0.15, 0.2) is 11.6 Å². The Hall–Kier alpha value is -0.300. The summed E-state index contributed by atoms with van der Waals surface area (Å²) in [5.74, 6) is 0. The van der Waals surface area contributed by atoms with Gasteiger partial charge in [0.1, 0.15) is 0 Å². The number of rotatable bonds is 0. The fourth-order valence-corrected chi connectivity index (χ4v) is 1.63. The van der Waals surface area contributed by atoms with E-state index in [1.165, 1.54) is 0 Å². The molecule has 1 unspecified atom stereocenters. The van der Waals surface area contributed by atoms with Crippen LogP contribution in [0, 0.1) is 5.41 Å². The number of hydrogen-bond donors (Lipinski definition) is 1. The van der Waals surface area contributed by atoms with E-state index in [4.69, 9.17) is 0 Å². The summed E-state index contributed by atoms with van der Waals surface area (Å²) in [5, 5.41) is 10.1. The quantitative estimate of drug-likeness (QED) is 0.531. The average molecular weight is 154 g/mol. The van der Waals surface area contributed by atoms with E-state index in [0.717, 1.165) is 18.4 Å². The third-order valence-corrected chi connectivity index (χ3v) is 3.31. The maximum Gasteiger partial charge on any atom is 0.0876 e. The highest BCUT2D eigenvalue weighted by Gasteiger charge is 2.41. The van der Waals surface area contributed by atoms with Crippen LogP contribution in [0.3, 0.4) is 0 Å². The van der Waals surface area contributed by atoms with E-state index in [9.17, 15) is 5.11 Å². The molecule has 11 heavy (non-hydrogen) atoms. The molecular formula is C10H18O. The third-order valence-electron chi connectivity index (χ3n) is 3.31. The first-order valence-electron chi connectivity index (χ1n) is 4.27. The van der Waals surface area contributed by atoms with E-state index < -0.39 is 5.60 Å². The highest BCUT2D eigenvalue weighted by Crippen LogP contribution is 2.43. The smallest absolute Gasteiger partial charge is 0.0876 e. The zero-order chi connectivity index (χ0) is 8.70. The largest absolute Gasteiger partial charge is 0.385 e. The standard InChI is InChI=1S/C10H18O/c1-8-6-5-7-9(2,3)10(8,4)11/h6,11H,5,7H2,1-4H3. The predicted octanol–water partition coefficient (Wildman–Crippen LogP) is 2.50. The van der Waals surface area contributed by atoms with Gasteiger partial charge in [0.15, 0.2) is 0 Å². The van der Waals surface area contributed by atoms with Crippen molar-refractivity contribution >= 4 is 0 Å². The lowest BCUT2D eigenvalue weighted by molar-refractivity contribution is -0.0292. The Morgan fingerprint density at radius 1 is 1.36 bits per heavy atom. The van der Waals surface area contributed by atoms with Gasteiger partial charge in [-0.2, -0.15) is 0 Å². The molecule has 0 radical (unpaired) electrons. The Balaban J connectivity index is 3.00. The van der Waals surface area contributed by atoms with Crippen LogP contribution in [0.2, 0.25) is 0 Å². The Morgan fingerprint density at radius 3 is 2.27 bits per heavy atom. The van der Waals surface area contributed by atoms with Crippen molar-refractivity contribution in [2.75, 3.05) is 0 Å². The summed E-state index contributed by atoms with van der Waals surface area (Å²) in [4.78, 5) is 0. The summed E-state index contributed by atoms with van der Waals surface area (Å²) in [7, 11) is 0. The van der Waals surface area contributed by atoms with Crippen LogP contribution in [0.25, 0.3) is 0 Å². The molecule has 64 valence electrons. The second kappa shape index (κ2) is 2.34. The Morgan fingerprint density at radius 2 is 1.91 bits per heavy atom. The van der Waals surface area contributed by atoms with Gasteiger partial charge in [-0.25, -0.2) is 0 Å². The predicted molar refractivity (Wildman–Crippen MR) is 47.4 cm³/mol. The first-order chi connectivity index (χ1) is 4.88. The minimum Gasteiger partial charge on any atom is -0.385 e. The fraction of sp³-hybridized carbons (Fsp3) is 0.800. The van der Waals surface area contributed by atoms with Crippen LogP contribution in [0.1, 0.15) is 40.5 Å². The van der Waals surface area contributed by atoms with Gasteiger partial charge < -0.3 is 5.11 Å². The summed E-state index contributed by atoms with van der Waals surface area (Å²) < 4.78 is 0. The lowest BCUT2D eigenvalue weighted by atomic mass is 9.66. The molecule has 1 rings (SSSR count). The van der Waals surface area contributed by atoms with Gasteiger partial charge >= 0.3 is 0 Å². The van der Waals surface area contributed by atoms with Gasteiger partial charge in [0.2, 0.25) is 0 Å². The molecule has 0 saturated heterocycles. The molecule has 0 bridgehead atoms. The van der Waals surface area contributed by atoms with Crippen molar-refractivity contribution in [3.63, 3.8) is 0 Å². The molecule has 1 aliphatic carbocycles. The molecule has 0 aromatic carbocycles. The molecule has 0 aliphatic heterocycles. The van der Waals surface area contributed by atoms with Gasteiger partial charge in [0.05, 0.1) is 5.60 Å². The molecule has 0 heterocycles. The SMILES string of the molecule is CC1=CCCC(C)(C)C1(C)O. The fourth-order valence-electron chi connectivity index (χ4n) is 1.63. The van der Waals surface area contributed by atoms with E-state index in [1.54, 1.807) is 0 Å².